The van der Waals surface area contributed by atoms with Crippen LogP contribution in [0.4, 0.5) is 5.95 Å². The highest BCUT2D eigenvalue weighted by Gasteiger charge is 2.23. The molecular weight excluding hydrogens is 510 g/mol. The Balaban J connectivity index is 1.80. The first-order valence-corrected chi connectivity index (χ1v) is 12.6. The summed E-state index contributed by atoms with van der Waals surface area (Å²) in [6.45, 7) is 5.39. The molecule has 1 atom stereocenters. The molecule has 3 heterocycles. The number of nitrogens with one attached hydrogen (secondary N) is 1. The Morgan fingerprint density at radius 3 is 2.31 bits per heavy atom. The highest BCUT2D eigenvalue weighted by molar-refractivity contribution is 7.13. The first kappa shape index (κ1) is 25.9. The predicted molar refractivity (Wildman–Crippen MR) is 144 cm³/mol. The van der Waals surface area contributed by atoms with Crippen LogP contribution in [0.15, 0.2) is 23.1 Å². The number of nitrogens with zero attached hydrogens (tertiary/aromatic N) is 5. The van der Waals surface area contributed by atoms with Gasteiger partial charge in [-0.3, -0.25) is 14.0 Å². The van der Waals surface area contributed by atoms with Gasteiger partial charge in [-0.1, -0.05) is 32.6 Å². The summed E-state index contributed by atoms with van der Waals surface area (Å²) in [6.07, 6.45) is 2.47. The molecule has 0 radical (unpaired) electrons. The molecule has 0 bridgehead atoms. The number of benzene rings is 1. The van der Waals surface area contributed by atoms with E-state index >= 15 is 0 Å². The van der Waals surface area contributed by atoms with Crippen molar-refractivity contribution in [2.75, 3.05) is 59.3 Å². The average Bonchev–Trinajstić information content (AvgIpc) is 2.87. The van der Waals surface area contributed by atoms with Gasteiger partial charge in [0.1, 0.15) is 17.1 Å². The maximum atomic E-state index is 13.9. The number of ether oxygens (including phenoxy) is 2. The Morgan fingerprint density at radius 2 is 1.71 bits per heavy atom. The molecule has 0 spiro atoms. The van der Waals surface area contributed by atoms with Gasteiger partial charge in [-0.25, -0.2) is 4.98 Å². The van der Waals surface area contributed by atoms with Gasteiger partial charge in [0.15, 0.2) is 0 Å². The van der Waals surface area contributed by atoms with E-state index in [1.165, 1.54) is 14.2 Å². The first-order valence-electron chi connectivity index (χ1n) is 11.3. The van der Waals surface area contributed by atoms with E-state index in [-0.39, 0.29) is 15.6 Å². The van der Waals surface area contributed by atoms with Crippen molar-refractivity contribution < 1.29 is 9.47 Å². The van der Waals surface area contributed by atoms with Crippen LogP contribution in [0.2, 0.25) is 10.0 Å². The molecule has 35 heavy (non-hydrogen) atoms. The number of anilines is 1. The third-order valence-corrected chi connectivity index (χ3v) is 7.42. The molecule has 1 N–H and O–H groups in total. The van der Waals surface area contributed by atoms with Crippen molar-refractivity contribution >= 4 is 49.6 Å². The molecule has 1 aromatic carbocycles. The molecule has 12 heteroatoms. The normalized spacial score (nSPS) is 14.9. The Bertz CT molecular complexity index is 1250. The van der Waals surface area contributed by atoms with Crippen LogP contribution in [-0.2, 0) is 6.54 Å². The number of pyridine rings is 1. The van der Waals surface area contributed by atoms with E-state index in [1.54, 1.807) is 29.9 Å². The first-order chi connectivity index (χ1) is 16.9. The lowest BCUT2D eigenvalue weighted by atomic mass is 10.0. The quantitative estimate of drug-likeness (QED) is 0.435. The van der Waals surface area contributed by atoms with Gasteiger partial charge in [-0.15, -0.1) is 0 Å². The molecule has 1 aliphatic heterocycles. The van der Waals surface area contributed by atoms with Crippen LogP contribution < -0.4 is 20.3 Å². The second kappa shape index (κ2) is 11.3. The van der Waals surface area contributed by atoms with E-state index in [2.05, 4.69) is 34.2 Å². The Morgan fingerprint density at radius 1 is 1.06 bits per heavy atom. The van der Waals surface area contributed by atoms with E-state index in [0.717, 1.165) is 39.1 Å². The standard InChI is InChI=1S/C23H29Cl2N6O3P/c1-26-23-27-13-14-11-15(18-19(24)16(33-2)12-17(34-3)20(18)25)22(32)31(21(14)28-23)6-4-5-29-7-9-30(35)10-8-29/h11-13H,4-10,35H2,1-3H3,(H,26,27,28). The SMILES string of the molecule is CNc1ncc2cc(-c3c(Cl)c(OC)cc(OC)c3Cl)c(=O)n(CCCN3CCN(P)CC3)c2n1. The van der Waals surface area contributed by atoms with Crippen molar-refractivity contribution in [3.63, 3.8) is 0 Å². The van der Waals surface area contributed by atoms with E-state index < -0.39 is 0 Å². The predicted octanol–water partition coefficient (Wildman–Crippen LogP) is 3.62. The van der Waals surface area contributed by atoms with Crippen LogP contribution in [-0.4, -0.2) is 78.1 Å². The molecule has 1 unspecified atom stereocenters. The van der Waals surface area contributed by atoms with Crippen LogP contribution in [0.5, 0.6) is 11.5 Å². The van der Waals surface area contributed by atoms with Gasteiger partial charge in [-0.05, 0) is 19.0 Å². The Labute approximate surface area is 216 Å². The van der Waals surface area contributed by atoms with Crippen LogP contribution in [0.1, 0.15) is 6.42 Å². The Kier molecular flexibility index (Phi) is 8.34. The van der Waals surface area contributed by atoms with Crippen LogP contribution in [0, 0.1) is 0 Å². The fourth-order valence-corrected chi connectivity index (χ4v) is 5.16. The molecule has 1 fully saturated rings. The zero-order valence-corrected chi connectivity index (χ0v) is 22.6. The summed E-state index contributed by atoms with van der Waals surface area (Å²) in [5.74, 6) is 1.17. The van der Waals surface area contributed by atoms with Gasteiger partial charge in [0.05, 0.1) is 29.8 Å². The Hall–Kier alpha value is -2.16. The molecule has 9 nitrogen and oxygen atoms in total. The van der Waals surface area contributed by atoms with Gasteiger partial charge in [-0.2, -0.15) is 4.98 Å². The van der Waals surface area contributed by atoms with Crippen LogP contribution >= 0.6 is 32.6 Å². The van der Waals surface area contributed by atoms with E-state index in [9.17, 15) is 4.79 Å². The number of aryl methyl sites for hydroxylation is 1. The minimum atomic E-state index is -0.243. The number of piperazine rings is 1. The maximum Gasteiger partial charge on any atom is 0.260 e. The summed E-state index contributed by atoms with van der Waals surface area (Å²) < 4.78 is 14.7. The molecule has 4 rings (SSSR count). The summed E-state index contributed by atoms with van der Waals surface area (Å²) in [6, 6.07) is 3.32. The molecule has 1 saturated heterocycles. The summed E-state index contributed by atoms with van der Waals surface area (Å²) in [7, 11) is 7.50. The lowest BCUT2D eigenvalue weighted by molar-refractivity contribution is 0.191. The van der Waals surface area contributed by atoms with Crippen molar-refractivity contribution in [3.8, 4) is 22.6 Å². The summed E-state index contributed by atoms with van der Waals surface area (Å²) >= 11 is 13.3. The van der Waals surface area contributed by atoms with Gasteiger partial charge < -0.3 is 19.7 Å². The van der Waals surface area contributed by atoms with Gasteiger partial charge >= 0.3 is 0 Å². The lowest BCUT2D eigenvalue weighted by Gasteiger charge is -2.32. The minimum absolute atomic E-state index is 0.240. The van der Waals surface area contributed by atoms with Gasteiger partial charge in [0.25, 0.3) is 5.56 Å². The summed E-state index contributed by atoms with van der Waals surface area (Å²) in [5, 5.41) is 4.12. The zero-order chi connectivity index (χ0) is 25.1. The third kappa shape index (κ3) is 5.34. The van der Waals surface area contributed by atoms with Crippen molar-refractivity contribution in [2.45, 2.75) is 13.0 Å². The van der Waals surface area contributed by atoms with Crippen molar-refractivity contribution in [1.82, 2.24) is 24.1 Å². The molecule has 1 aliphatic rings. The fourth-order valence-electron chi connectivity index (χ4n) is 4.23. The molecular formula is C23H29Cl2N6O3P. The van der Waals surface area contributed by atoms with Crippen molar-refractivity contribution in [2.24, 2.45) is 0 Å². The second-order valence-electron chi connectivity index (χ2n) is 8.25. The van der Waals surface area contributed by atoms with E-state index in [0.29, 0.717) is 46.2 Å². The van der Waals surface area contributed by atoms with Crippen LogP contribution in [0.25, 0.3) is 22.2 Å². The molecule has 0 saturated carbocycles. The van der Waals surface area contributed by atoms with Gasteiger partial charge in [0, 0.05) is 63.0 Å². The monoisotopic (exact) mass is 538 g/mol. The minimum Gasteiger partial charge on any atom is -0.495 e. The largest absolute Gasteiger partial charge is 0.495 e. The van der Waals surface area contributed by atoms with E-state index in [4.69, 9.17) is 32.7 Å². The third-order valence-electron chi connectivity index (χ3n) is 6.16. The number of hydrogen-bond acceptors (Lipinski definition) is 8. The molecule has 0 amide bonds. The van der Waals surface area contributed by atoms with Crippen LogP contribution in [0.3, 0.4) is 0 Å². The second-order valence-corrected chi connectivity index (χ2v) is 9.74. The number of hydrogen-bond donors (Lipinski definition) is 1. The average molecular weight is 539 g/mol. The number of methoxy groups -OCH3 is 2. The smallest absolute Gasteiger partial charge is 0.260 e. The molecule has 2 aromatic heterocycles. The summed E-state index contributed by atoms with van der Waals surface area (Å²) in [5.41, 5.74) is 1.00. The highest BCUT2D eigenvalue weighted by atomic mass is 35.5. The zero-order valence-electron chi connectivity index (χ0n) is 20.0. The highest BCUT2D eigenvalue weighted by Crippen LogP contribution is 2.45. The van der Waals surface area contributed by atoms with Crippen molar-refractivity contribution in [1.29, 1.82) is 0 Å². The maximum absolute atomic E-state index is 13.9. The van der Waals surface area contributed by atoms with Crippen molar-refractivity contribution in [3.05, 3.63) is 38.7 Å². The van der Waals surface area contributed by atoms with E-state index in [1.807, 2.05) is 0 Å². The molecule has 0 aliphatic carbocycles. The summed E-state index contributed by atoms with van der Waals surface area (Å²) in [4.78, 5) is 25.2. The number of aromatic nitrogens is 3. The molecule has 3 aromatic rings. The lowest BCUT2D eigenvalue weighted by Crippen LogP contribution is -2.42. The number of rotatable bonds is 8. The fraction of sp³-hybridized carbons (Fsp3) is 0.435. The number of halogens is 2. The molecule has 188 valence electrons. The number of fused-ring (bicyclic) bond motifs is 1. The topological polar surface area (TPSA) is 84.8 Å². The van der Waals surface area contributed by atoms with Gasteiger partial charge in [0.2, 0.25) is 5.95 Å².